The van der Waals surface area contributed by atoms with Crippen LogP contribution in [0.3, 0.4) is 0 Å². The van der Waals surface area contributed by atoms with E-state index in [1.54, 1.807) is 0 Å². The molecular weight excluding hydrogens is 250 g/mol. The van der Waals surface area contributed by atoms with Crippen LogP contribution in [0.2, 0.25) is 5.02 Å². The highest BCUT2D eigenvalue weighted by Crippen LogP contribution is 2.24. The second kappa shape index (κ2) is 8.35. The lowest BCUT2D eigenvalue weighted by Gasteiger charge is -2.09. The van der Waals surface area contributed by atoms with E-state index in [1.165, 1.54) is 0 Å². The topological polar surface area (TPSA) is 35.1 Å². The maximum atomic E-state index is 6.02. The molecule has 0 saturated carbocycles. The molecular formula is C14H23ClNO2+. The smallest absolute Gasteiger partial charge is 0.138 e. The number of halogens is 1. The van der Waals surface area contributed by atoms with Gasteiger partial charge < -0.3 is 14.8 Å². The zero-order chi connectivity index (χ0) is 13.4. The van der Waals surface area contributed by atoms with Gasteiger partial charge in [0.2, 0.25) is 0 Å². The van der Waals surface area contributed by atoms with Crippen LogP contribution in [-0.4, -0.2) is 32.4 Å². The summed E-state index contributed by atoms with van der Waals surface area (Å²) < 4.78 is 11.1. The van der Waals surface area contributed by atoms with Crippen LogP contribution in [0.5, 0.6) is 5.75 Å². The Morgan fingerprint density at radius 2 is 2.00 bits per heavy atom. The molecule has 0 aliphatic heterocycles. The standard InChI is InChI=1S/C14H22ClNO2/c1-11(2)16-6-7-17-8-9-18-14-10-12(3)4-5-13(14)15/h4-5,10-11,16H,6-9H2,1-3H3/p+1. The van der Waals surface area contributed by atoms with Gasteiger partial charge in [0.15, 0.2) is 0 Å². The number of hydrogen-bond acceptors (Lipinski definition) is 2. The van der Waals surface area contributed by atoms with Crippen molar-refractivity contribution in [1.82, 2.24) is 0 Å². The predicted octanol–water partition coefficient (Wildman–Crippen LogP) is 2.02. The molecule has 0 aliphatic carbocycles. The van der Waals surface area contributed by atoms with E-state index in [9.17, 15) is 0 Å². The van der Waals surface area contributed by atoms with Crippen molar-refractivity contribution in [2.24, 2.45) is 0 Å². The van der Waals surface area contributed by atoms with E-state index >= 15 is 0 Å². The van der Waals surface area contributed by atoms with E-state index in [2.05, 4.69) is 19.2 Å². The fourth-order valence-electron chi connectivity index (χ4n) is 1.52. The Balaban J connectivity index is 2.12. The van der Waals surface area contributed by atoms with Gasteiger partial charge in [-0.2, -0.15) is 0 Å². The first-order valence-corrected chi connectivity index (χ1v) is 6.77. The van der Waals surface area contributed by atoms with Crippen LogP contribution >= 0.6 is 11.6 Å². The van der Waals surface area contributed by atoms with Crippen LogP contribution in [0.1, 0.15) is 19.4 Å². The number of aryl methyl sites for hydroxylation is 1. The van der Waals surface area contributed by atoms with E-state index in [4.69, 9.17) is 21.1 Å². The Labute approximate surface area is 114 Å². The second-order valence-electron chi connectivity index (χ2n) is 4.66. The lowest BCUT2D eigenvalue weighted by molar-refractivity contribution is -0.684. The molecule has 0 heterocycles. The largest absolute Gasteiger partial charge is 0.490 e. The Morgan fingerprint density at radius 1 is 1.22 bits per heavy atom. The number of benzene rings is 1. The lowest BCUT2D eigenvalue weighted by Crippen LogP contribution is -2.89. The minimum absolute atomic E-state index is 0.533. The van der Waals surface area contributed by atoms with Gasteiger partial charge in [-0.05, 0) is 38.5 Å². The minimum atomic E-state index is 0.533. The number of nitrogens with two attached hydrogens (primary N) is 1. The Hall–Kier alpha value is -0.770. The quantitative estimate of drug-likeness (QED) is 0.735. The van der Waals surface area contributed by atoms with Gasteiger partial charge in [-0.3, -0.25) is 0 Å². The highest BCUT2D eigenvalue weighted by Gasteiger charge is 2.01. The third-order valence-electron chi connectivity index (χ3n) is 2.47. The predicted molar refractivity (Wildman–Crippen MR) is 74.4 cm³/mol. The summed E-state index contributed by atoms with van der Waals surface area (Å²) in [4.78, 5) is 0. The zero-order valence-corrected chi connectivity index (χ0v) is 12.2. The Bertz CT molecular complexity index is 356. The lowest BCUT2D eigenvalue weighted by atomic mass is 10.2. The van der Waals surface area contributed by atoms with Gasteiger partial charge in [0.1, 0.15) is 12.4 Å². The average Bonchev–Trinajstić information content (AvgIpc) is 2.32. The van der Waals surface area contributed by atoms with Gasteiger partial charge in [-0.1, -0.05) is 17.7 Å². The summed E-state index contributed by atoms with van der Waals surface area (Å²) in [5.41, 5.74) is 1.14. The Morgan fingerprint density at radius 3 is 2.72 bits per heavy atom. The van der Waals surface area contributed by atoms with Crippen molar-refractivity contribution in [2.75, 3.05) is 26.4 Å². The van der Waals surface area contributed by atoms with Gasteiger partial charge in [0.25, 0.3) is 0 Å². The van der Waals surface area contributed by atoms with Crippen LogP contribution in [-0.2, 0) is 4.74 Å². The molecule has 0 spiro atoms. The minimum Gasteiger partial charge on any atom is -0.490 e. The maximum Gasteiger partial charge on any atom is 0.138 e. The van der Waals surface area contributed by atoms with Gasteiger partial charge >= 0.3 is 0 Å². The molecule has 2 N–H and O–H groups in total. The maximum absolute atomic E-state index is 6.02. The summed E-state index contributed by atoms with van der Waals surface area (Å²) in [6, 6.07) is 6.38. The molecule has 0 aromatic heterocycles. The second-order valence-corrected chi connectivity index (χ2v) is 5.07. The third-order valence-corrected chi connectivity index (χ3v) is 2.78. The molecule has 0 bridgehead atoms. The van der Waals surface area contributed by atoms with Gasteiger partial charge in [0, 0.05) is 0 Å². The summed E-state index contributed by atoms with van der Waals surface area (Å²) in [5, 5.41) is 2.90. The highest BCUT2D eigenvalue weighted by atomic mass is 35.5. The number of ether oxygens (including phenoxy) is 2. The van der Waals surface area contributed by atoms with Crippen LogP contribution in [0.25, 0.3) is 0 Å². The molecule has 1 aromatic carbocycles. The number of quaternary nitrogens is 1. The van der Waals surface area contributed by atoms with Crippen molar-refractivity contribution in [3.63, 3.8) is 0 Å². The molecule has 18 heavy (non-hydrogen) atoms. The Kier molecular flexibility index (Phi) is 7.09. The average molecular weight is 273 g/mol. The molecule has 0 amide bonds. The van der Waals surface area contributed by atoms with E-state index in [1.807, 2.05) is 25.1 Å². The third kappa shape index (κ3) is 6.24. The SMILES string of the molecule is Cc1ccc(Cl)c(OCCOCC[NH2+]C(C)C)c1. The summed E-state index contributed by atoms with van der Waals surface area (Å²) in [6.07, 6.45) is 0. The van der Waals surface area contributed by atoms with Gasteiger partial charge in [-0.15, -0.1) is 0 Å². The van der Waals surface area contributed by atoms with Crippen molar-refractivity contribution in [2.45, 2.75) is 26.8 Å². The summed E-state index contributed by atoms with van der Waals surface area (Å²) in [6.45, 7) is 9.22. The van der Waals surface area contributed by atoms with E-state index in [0.717, 1.165) is 24.5 Å². The first-order chi connectivity index (χ1) is 8.59. The van der Waals surface area contributed by atoms with Crippen molar-refractivity contribution >= 4 is 11.6 Å². The number of rotatable bonds is 8. The fraction of sp³-hybridized carbons (Fsp3) is 0.571. The highest BCUT2D eigenvalue weighted by molar-refractivity contribution is 6.32. The van der Waals surface area contributed by atoms with Crippen molar-refractivity contribution < 1.29 is 14.8 Å². The van der Waals surface area contributed by atoms with Crippen LogP contribution in [0.4, 0.5) is 0 Å². The van der Waals surface area contributed by atoms with E-state index in [-0.39, 0.29) is 0 Å². The molecule has 102 valence electrons. The number of hydrogen-bond donors (Lipinski definition) is 1. The summed E-state index contributed by atoms with van der Waals surface area (Å²) in [5.74, 6) is 0.731. The molecule has 1 rings (SSSR count). The monoisotopic (exact) mass is 272 g/mol. The normalized spacial score (nSPS) is 10.9. The molecule has 1 aromatic rings. The molecule has 0 unspecified atom stereocenters. The van der Waals surface area contributed by atoms with Crippen molar-refractivity contribution in [3.8, 4) is 5.75 Å². The van der Waals surface area contributed by atoms with Gasteiger partial charge in [-0.25, -0.2) is 0 Å². The van der Waals surface area contributed by atoms with Crippen LogP contribution in [0, 0.1) is 6.92 Å². The van der Waals surface area contributed by atoms with E-state index < -0.39 is 0 Å². The molecule has 0 fully saturated rings. The van der Waals surface area contributed by atoms with Gasteiger partial charge in [0.05, 0.1) is 30.8 Å². The van der Waals surface area contributed by atoms with Crippen LogP contribution in [0.15, 0.2) is 18.2 Å². The summed E-state index contributed by atoms with van der Waals surface area (Å²) >= 11 is 6.02. The zero-order valence-electron chi connectivity index (χ0n) is 11.4. The first kappa shape index (κ1) is 15.3. The van der Waals surface area contributed by atoms with Crippen molar-refractivity contribution in [3.05, 3.63) is 28.8 Å². The molecule has 0 radical (unpaired) electrons. The molecule has 0 atom stereocenters. The molecule has 4 heteroatoms. The molecule has 3 nitrogen and oxygen atoms in total. The molecule has 0 saturated heterocycles. The first-order valence-electron chi connectivity index (χ1n) is 6.39. The summed E-state index contributed by atoms with van der Waals surface area (Å²) in [7, 11) is 0. The molecule has 0 aliphatic rings. The van der Waals surface area contributed by atoms with E-state index in [0.29, 0.717) is 24.3 Å². The fourth-order valence-corrected chi connectivity index (χ4v) is 1.69. The van der Waals surface area contributed by atoms with Crippen LogP contribution < -0.4 is 10.1 Å². The van der Waals surface area contributed by atoms with Crippen molar-refractivity contribution in [1.29, 1.82) is 0 Å².